The minimum atomic E-state index is -4.24. The molecular formula is C12H21F3N2O. The maximum absolute atomic E-state index is 12.4. The molecule has 3 atom stereocenters. The number of amides is 1. The van der Waals surface area contributed by atoms with Gasteiger partial charge >= 0.3 is 6.18 Å². The molecule has 0 aromatic carbocycles. The summed E-state index contributed by atoms with van der Waals surface area (Å²) in [6.45, 7) is 7.11. The summed E-state index contributed by atoms with van der Waals surface area (Å²) < 4.78 is 37.3. The molecule has 3 nitrogen and oxygen atoms in total. The molecule has 1 aliphatic rings. The predicted molar refractivity (Wildman–Crippen MR) is 62.8 cm³/mol. The zero-order valence-corrected chi connectivity index (χ0v) is 11.2. The summed E-state index contributed by atoms with van der Waals surface area (Å²) in [6, 6.07) is -1.18. The fraction of sp³-hybridized carbons (Fsp3) is 0.917. The van der Waals surface area contributed by atoms with E-state index < -0.39 is 18.6 Å². The second kappa shape index (κ2) is 5.47. The highest BCUT2D eigenvalue weighted by Crippen LogP contribution is 2.29. The minimum Gasteiger partial charge on any atom is -0.322 e. The Balaban J connectivity index is 2.85. The van der Waals surface area contributed by atoms with Crippen molar-refractivity contribution in [2.45, 2.75) is 65.0 Å². The first kappa shape index (κ1) is 15.3. The van der Waals surface area contributed by atoms with Gasteiger partial charge in [-0.3, -0.25) is 10.1 Å². The van der Waals surface area contributed by atoms with Crippen molar-refractivity contribution in [1.29, 1.82) is 0 Å². The Morgan fingerprint density at radius 1 is 1.33 bits per heavy atom. The molecule has 6 heteroatoms. The summed E-state index contributed by atoms with van der Waals surface area (Å²) >= 11 is 0. The molecule has 0 aliphatic carbocycles. The van der Waals surface area contributed by atoms with Crippen molar-refractivity contribution in [3.63, 3.8) is 0 Å². The van der Waals surface area contributed by atoms with Crippen molar-refractivity contribution in [3.05, 3.63) is 0 Å². The number of halogens is 3. The lowest BCUT2D eigenvalue weighted by Crippen LogP contribution is -2.47. The smallest absolute Gasteiger partial charge is 0.322 e. The van der Waals surface area contributed by atoms with Gasteiger partial charge in [-0.25, -0.2) is 0 Å². The number of carbonyl (C=O) groups excluding carboxylic acids is 1. The minimum absolute atomic E-state index is 0.0844. The lowest BCUT2D eigenvalue weighted by Gasteiger charge is -2.33. The van der Waals surface area contributed by atoms with Gasteiger partial charge in [-0.2, -0.15) is 13.2 Å². The van der Waals surface area contributed by atoms with Crippen LogP contribution in [0.15, 0.2) is 0 Å². The quantitative estimate of drug-likeness (QED) is 0.848. The van der Waals surface area contributed by atoms with E-state index in [4.69, 9.17) is 0 Å². The van der Waals surface area contributed by atoms with Crippen molar-refractivity contribution >= 4 is 5.91 Å². The number of nitrogens with zero attached hydrogens (tertiary/aromatic N) is 1. The van der Waals surface area contributed by atoms with E-state index in [0.29, 0.717) is 6.42 Å². The van der Waals surface area contributed by atoms with Crippen molar-refractivity contribution in [1.82, 2.24) is 10.2 Å². The Kier molecular flexibility index (Phi) is 4.64. The summed E-state index contributed by atoms with van der Waals surface area (Å²) in [7, 11) is 0. The third kappa shape index (κ3) is 3.37. The largest absolute Gasteiger partial charge is 0.391 e. The Bertz CT molecular complexity index is 304. The molecule has 0 spiro atoms. The first-order chi connectivity index (χ1) is 8.17. The predicted octanol–water partition coefficient (Wildman–Crippen LogP) is 2.52. The van der Waals surface area contributed by atoms with Gasteiger partial charge in [0.15, 0.2) is 0 Å². The molecule has 0 radical (unpaired) electrons. The maximum Gasteiger partial charge on any atom is 0.391 e. The number of alkyl halides is 3. The molecule has 1 fully saturated rings. The number of nitrogens with one attached hydrogen (secondary N) is 1. The zero-order valence-electron chi connectivity index (χ0n) is 11.2. The summed E-state index contributed by atoms with van der Waals surface area (Å²) in [5.41, 5.74) is 0. The molecule has 1 rings (SSSR count). The second-order valence-corrected chi connectivity index (χ2v) is 5.23. The average molecular weight is 266 g/mol. The average Bonchev–Trinajstić information content (AvgIpc) is 2.52. The molecule has 18 heavy (non-hydrogen) atoms. The van der Waals surface area contributed by atoms with E-state index in [1.165, 1.54) is 11.8 Å². The summed E-state index contributed by atoms with van der Waals surface area (Å²) in [4.78, 5) is 13.4. The van der Waals surface area contributed by atoms with E-state index in [1.54, 1.807) is 0 Å². The Morgan fingerprint density at radius 2 is 1.89 bits per heavy atom. The van der Waals surface area contributed by atoms with Gasteiger partial charge in [0, 0.05) is 6.04 Å². The summed E-state index contributed by atoms with van der Waals surface area (Å²) in [5.74, 6) is -0.130. The first-order valence-electron chi connectivity index (χ1n) is 6.32. The Labute approximate surface area is 106 Å². The molecule has 0 bridgehead atoms. The van der Waals surface area contributed by atoms with Crippen LogP contribution in [0.1, 0.15) is 40.5 Å². The van der Waals surface area contributed by atoms with Gasteiger partial charge in [-0.15, -0.1) is 0 Å². The van der Waals surface area contributed by atoms with E-state index in [1.807, 2.05) is 20.8 Å². The molecule has 0 saturated carbocycles. The van der Waals surface area contributed by atoms with Gasteiger partial charge in [-0.1, -0.05) is 20.8 Å². The molecule has 1 aliphatic heterocycles. The molecule has 106 valence electrons. The third-order valence-electron chi connectivity index (χ3n) is 3.27. The van der Waals surface area contributed by atoms with Crippen molar-refractivity contribution in [2.24, 2.45) is 5.92 Å². The number of hydrogen-bond donors (Lipinski definition) is 1. The first-order valence-corrected chi connectivity index (χ1v) is 6.32. The van der Waals surface area contributed by atoms with E-state index >= 15 is 0 Å². The van der Waals surface area contributed by atoms with E-state index in [0.717, 1.165) is 0 Å². The molecule has 1 heterocycles. The van der Waals surface area contributed by atoms with Crippen LogP contribution in [0.2, 0.25) is 0 Å². The monoisotopic (exact) mass is 266 g/mol. The van der Waals surface area contributed by atoms with Crippen LogP contribution in [0.3, 0.4) is 0 Å². The second-order valence-electron chi connectivity index (χ2n) is 5.23. The molecule has 1 N–H and O–H groups in total. The van der Waals surface area contributed by atoms with Crippen LogP contribution in [-0.4, -0.2) is 35.2 Å². The highest BCUT2D eigenvalue weighted by Gasteiger charge is 2.44. The van der Waals surface area contributed by atoms with Crippen molar-refractivity contribution in [3.8, 4) is 0 Å². The molecule has 0 aromatic rings. The summed E-state index contributed by atoms with van der Waals surface area (Å²) in [6.07, 6.45) is -4.91. The standard InChI is InChI=1S/C12H21F3N2O/c1-5-9-11(18)17(10(16-9)7(2)3)8(4)6-12(13,14)15/h7-10,16H,5-6H2,1-4H3. The van der Waals surface area contributed by atoms with Crippen LogP contribution in [0.5, 0.6) is 0 Å². The van der Waals surface area contributed by atoms with Gasteiger partial charge in [0.05, 0.1) is 18.6 Å². The molecule has 1 saturated heterocycles. The molecular weight excluding hydrogens is 245 g/mol. The van der Waals surface area contributed by atoms with Gasteiger partial charge in [-0.05, 0) is 19.3 Å². The van der Waals surface area contributed by atoms with Crippen LogP contribution in [0, 0.1) is 5.92 Å². The van der Waals surface area contributed by atoms with Gasteiger partial charge in [0.25, 0.3) is 0 Å². The zero-order chi connectivity index (χ0) is 14.1. The highest BCUT2D eigenvalue weighted by molar-refractivity contribution is 5.84. The summed E-state index contributed by atoms with van der Waals surface area (Å²) in [5, 5.41) is 3.12. The number of rotatable bonds is 4. The molecule has 0 aromatic heterocycles. The number of carbonyl (C=O) groups is 1. The highest BCUT2D eigenvalue weighted by atomic mass is 19.4. The van der Waals surface area contributed by atoms with Gasteiger partial charge < -0.3 is 4.90 Å². The third-order valence-corrected chi connectivity index (χ3v) is 3.27. The Hall–Kier alpha value is -0.780. The SMILES string of the molecule is CCC1NC(C(C)C)N(C(C)CC(F)(F)F)C1=O. The van der Waals surface area contributed by atoms with Crippen molar-refractivity contribution < 1.29 is 18.0 Å². The van der Waals surface area contributed by atoms with Gasteiger partial charge in [0.2, 0.25) is 5.91 Å². The van der Waals surface area contributed by atoms with Crippen LogP contribution < -0.4 is 5.32 Å². The Morgan fingerprint density at radius 3 is 2.28 bits per heavy atom. The maximum atomic E-state index is 12.4. The molecule has 3 unspecified atom stereocenters. The van der Waals surface area contributed by atoms with Crippen LogP contribution in [-0.2, 0) is 4.79 Å². The van der Waals surface area contributed by atoms with E-state index in [9.17, 15) is 18.0 Å². The fourth-order valence-electron chi connectivity index (χ4n) is 2.41. The lowest BCUT2D eigenvalue weighted by atomic mass is 10.1. The van der Waals surface area contributed by atoms with E-state index in [2.05, 4.69) is 5.32 Å². The van der Waals surface area contributed by atoms with Crippen molar-refractivity contribution in [2.75, 3.05) is 0 Å². The van der Waals surface area contributed by atoms with Crippen LogP contribution in [0.25, 0.3) is 0 Å². The normalized spacial score (nSPS) is 27.1. The molecule has 1 amide bonds. The van der Waals surface area contributed by atoms with Crippen LogP contribution in [0.4, 0.5) is 13.2 Å². The van der Waals surface area contributed by atoms with Gasteiger partial charge in [0.1, 0.15) is 0 Å². The topological polar surface area (TPSA) is 32.3 Å². The van der Waals surface area contributed by atoms with E-state index in [-0.39, 0.29) is 24.0 Å². The fourth-order valence-corrected chi connectivity index (χ4v) is 2.41. The lowest BCUT2D eigenvalue weighted by molar-refractivity contribution is -0.154. The van der Waals surface area contributed by atoms with Crippen LogP contribution >= 0.6 is 0 Å². The number of hydrogen-bond acceptors (Lipinski definition) is 2.